The molecule has 0 aliphatic rings. The molecule has 0 saturated carbocycles. The van der Waals surface area contributed by atoms with Crippen molar-refractivity contribution in [2.24, 2.45) is 0 Å². The minimum absolute atomic E-state index is 0.0256. The highest BCUT2D eigenvalue weighted by molar-refractivity contribution is 5.94. The fraction of sp³-hybridized carbons (Fsp3) is 0.375. The van der Waals surface area contributed by atoms with Crippen LogP contribution in [0.15, 0.2) is 72.8 Å². The van der Waals surface area contributed by atoms with Crippen LogP contribution in [0, 0.1) is 10.1 Å². The van der Waals surface area contributed by atoms with Crippen molar-refractivity contribution in [1.82, 2.24) is 0 Å². The molecule has 3 aromatic carbocycles. The highest BCUT2D eigenvalue weighted by Gasteiger charge is 2.12. The van der Waals surface area contributed by atoms with Crippen molar-refractivity contribution in [3.63, 3.8) is 0 Å². The Bertz CT molecular complexity index is 1190. The molecule has 0 aromatic heterocycles. The molecule has 39 heavy (non-hydrogen) atoms. The normalized spacial score (nSPS) is 10.7. The lowest BCUT2D eigenvalue weighted by Crippen LogP contribution is -2.10. The molecule has 0 fully saturated rings. The number of rotatable bonds is 16. The fourth-order valence-electron chi connectivity index (χ4n) is 4.24. The van der Waals surface area contributed by atoms with Gasteiger partial charge in [-0.05, 0) is 66.1 Å². The van der Waals surface area contributed by atoms with Gasteiger partial charge in [0.1, 0.15) is 5.75 Å². The Kier molecular flexibility index (Phi) is 12.2. The van der Waals surface area contributed by atoms with Crippen LogP contribution >= 0.6 is 0 Å². The Hall–Kier alpha value is -4.00. The van der Waals surface area contributed by atoms with Crippen molar-refractivity contribution in [3.8, 4) is 16.9 Å². The van der Waals surface area contributed by atoms with Crippen LogP contribution < -0.4 is 4.74 Å². The van der Waals surface area contributed by atoms with E-state index in [-0.39, 0.29) is 5.69 Å². The third-order valence-corrected chi connectivity index (χ3v) is 6.56. The number of ether oxygens (including phenoxy) is 2. The van der Waals surface area contributed by atoms with Crippen LogP contribution in [0.3, 0.4) is 0 Å². The predicted octanol–water partition coefficient (Wildman–Crippen LogP) is 8.56. The maximum atomic E-state index is 12.5. The van der Waals surface area contributed by atoms with Crippen LogP contribution in [0.2, 0.25) is 0 Å². The maximum Gasteiger partial charge on any atom is 0.343 e. The van der Waals surface area contributed by atoms with Crippen LogP contribution in [0.1, 0.15) is 91.8 Å². The van der Waals surface area contributed by atoms with Gasteiger partial charge in [-0.15, -0.1) is 0 Å². The van der Waals surface area contributed by atoms with Crippen LogP contribution in [-0.4, -0.2) is 23.5 Å². The molecule has 0 spiro atoms. The Morgan fingerprint density at radius 3 is 1.62 bits per heavy atom. The molecular formula is C32H37NO6. The van der Waals surface area contributed by atoms with Gasteiger partial charge in [-0.25, -0.2) is 9.59 Å². The average Bonchev–Trinajstić information content (AvgIpc) is 2.96. The molecule has 3 rings (SSSR count). The van der Waals surface area contributed by atoms with Crippen molar-refractivity contribution in [2.75, 3.05) is 6.61 Å². The quantitative estimate of drug-likeness (QED) is 0.0604. The van der Waals surface area contributed by atoms with E-state index in [0.29, 0.717) is 23.5 Å². The molecule has 0 atom stereocenters. The molecule has 0 radical (unpaired) electrons. The van der Waals surface area contributed by atoms with E-state index >= 15 is 0 Å². The van der Waals surface area contributed by atoms with E-state index < -0.39 is 16.9 Å². The van der Waals surface area contributed by atoms with Gasteiger partial charge in [0.2, 0.25) is 0 Å². The fourth-order valence-corrected chi connectivity index (χ4v) is 4.24. The van der Waals surface area contributed by atoms with Crippen molar-refractivity contribution in [2.45, 2.75) is 71.1 Å². The highest BCUT2D eigenvalue weighted by Crippen LogP contribution is 2.25. The van der Waals surface area contributed by atoms with Gasteiger partial charge >= 0.3 is 11.9 Å². The molecule has 7 heteroatoms. The summed E-state index contributed by atoms with van der Waals surface area (Å²) in [5, 5.41) is 10.8. The van der Waals surface area contributed by atoms with Crippen molar-refractivity contribution >= 4 is 17.6 Å². The zero-order valence-corrected chi connectivity index (χ0v) is 22.6. The number of non-ortho nitro benzene ring substituents is 1. The van der Waals surface area contributed by atoms with Crippen LogP contribution in [0.4, 0.5) is 5.69 Å². The standard InChI is InChI=1S/C32H37NO6/c1-2-3-4-5-6-7-8-9-10-11-24-38-31(34)27-12-14-28(15-13-27)32(35)39-30-22-18-26(19-23-30)25-16-20-29(21-17-25)33(36)37/h12-23H,2-11,24H2,1H3. The second-order valence-electron chi connectivity index (χ2n) is 9.61. The third-order valence-electron chi connectivity index (χ3n) is 6.56. The summed E-state index contributed by atoms with van der Waals surface area (Å²) >= 11 is 0. The summed E-state index contributed by atoms with van der Waals surface area (Å²) in [6.07, 6.45) is 12.2. The minimum Gasteiger partial charge on any atom is -0.462 e. The lowest BCUT2D eigenvalue weighted by molar-refractivity contribution is -0.384. The zero-order chi connectivity index (χ0) is 27.9. The first-order valence-electron chi connectivity index (χ1n) is 13.8. The van der Waals surface area contributed by atoms with Gasteiger partial charge in [0.05, 0.1) is 22.7 Å². The van der Waals surface area contributed by atoms with Gasteiger partial charge in [-0.1, -0.05) is 76.8 Å². The molecule has 0 aliphatic carbocycles. The number of carbonyl (C=O) groups excluding carboxylic acids is 2. The van der Waals surface area contributed by atoms with Crippen LogP contribution in [-0.2, 0) is 4.74 Å². The molecule has 0 aliphatic heterocycles. The zero-order valence-electron chi connectivity index (χ0n) is 22.6. The minimum atomic E-state index is -0.539. The molecule has 0 amide bonds. The van der Waals surface area contributed by atoms with Gasteiger partial charge in [0.15, 0.2) is 0 Å². The lowest BCUT2D eigenvalue weighted by atomic mass is 10.1. The first-order valence-corrected chi connectivity index (χ1v) is 13.8. The Labute approximate surface area is 230 Å². The molecular weight excluding hydrogens is 494 g/mol. The van der Waals surface area contributed by atoms with E-state index in [4.69, 9.17) is 9.47 Å². The number of nitrogens with zero attached hydrogens (tertiary/aromatic N) is 1. The third kappa shape index (κ3) is 10.0. The molecule has 0 unspecified atom stereocenters. The number of hydrogen-bond donors (Lipinski definition) is 0. The van der Waals surface area contributed by atoms with E-state index in [1.165, 1.54) is 63.5 Å². The van der Waals surface area contributed by atoms with Crippen molar-refractivity contribution in [1.29, 1.82) is 0 Å². The second-order valence-corrected chi connectivity index (χ2v) is 9.61. The Balaban J connectivity index is 1.37. The summed E-state index contributed by atoms with van der Waals surface area (Å²) < 4.78 is 10.8. The van der Waals surface area contributed by atoms with Crippen molar-refractivity contribution in [3.05, 3.63) is 94.0 Å². The Morgan fingerprint density at radius 1 is 0.641 bits per heavy atom. The van der Waals surface area contributed by atoms with Gasteiger partial charge in [0, 0.05) is 12.1 Å². The molecule has 0 saturated heterocycles. The summed E-state index contributed by atoms with van der Waals surface area (Å²) in [6, 6.07) is 19.3. The Morgan fingerprint density at radius 2 is 1.10 bits per heavy atom. The average molecular weight is 532 g/mol. The number of unbranched alkanes of at least 4 members (excludes halogenated alkanes) is 9. The number of hydrogen-bond acceptors (Lipinski definition) is 6. The topological polar surface area (TPSA) is 95.7 Å². The first-order chi connectivity index (χ1) is 19.0. The monoisotopic (exact) mass is 531 g/mol. The van der Waals surface area contributed by atoms with Crippen molar-refractivity contribution < 1.29 is 24.0 Å². The summed E-state index contributed by atoms with van der Waals surface area (Å²) in [5.41, 5.74) is 2.39. The molecule has 206 valence electrons. The number of nitro benzene ring substituents is 1. The highest BCUT2D eigenvalue weighted by atomic mass is 16.6. The van der Waals surface area contributed by atoms with Crippen LogP contribution in [0.25, 0.3) is 11.1 Å². The number of benzene rings is 3. The van der Waals surface area contributed by atoms with Gasteiger partial charge in [-0.3, -0.25) is 10.1 Å². The summed E-state index contributed by atoms with van der Waals surface area (Å²) in [7, 11) is 0. The number of nitro groups is 1. The molecule has 0 N–H and O–H groups in total. The molecule has 0 bridgehead atoms. The van der Waals surface area contributed by atoms with Crippen LogP contribution in [0.5, 0.6) is 5.75 Å². The van der Waals surface area contributed by atoms with Gasteiger partial charge in [0.25, 0.3) is 5.69 Å². The maximum absolute atomic E-state index is 12.5. The SMILES string of the molecule is CCCCCCCCCCCCOC(=O)c1ccc(C(=O)Oc2ccc(-c3ccc([N+](=O)[O-])cc3)cc2)cc1. The molecule has 0 heterocycles. The van der Waals surface area contributed by atoms with E-state index in [2.05, 4.69) is 6.92 Å². The summed E-state index contributed by atoms with van der Waals surface area (Å²) in [6.45, 7) is 2.63. The number of carbonyl (C=O) groups is 2. The first kappa shape index (κ1) is 29.6. The molecule has 7 nitrogen and oxygen atoms in total. The molecule has 3 aromatic rings. The van der Waals surface area contributed by atoms with E-state index in [9.17, 15) is 19.7 Å². The van der Waals surface area contributed by atoms with Gasteiger partial charge in [-0.2, -0.15) is 0 Å². The van der Waals surface area contributed by atoms with E-state index in [1.54, 1.807) is 60.7 Å². The predicted molar refractivity (Wildman–Crippen MR) is 152 cm³/mol. The largest absolute Gasteiger partial charge is 0.462 e. The lowest BCUT2D eigenvalue weighted by Gasteiger charge is -2.08. The summed E-state index contributed by atoms with van der Waals surface area (Å²) in [4.78, 5) is 35.2. The number of esters is 2. The summed E-state index contributed by atoms with van der Waals surface area (Å²) in [5.74, 6) is -0.568. The van der Waals surface area contributed by atoms with E-state index in [1.807, 2.05) is 0 Å². The smallest absolute Gasteiger partial charge is 0.343 e. The second kappa shape index (κ2) is 16.1. The van der Waals surface area contributed by atoms with E-state index in [0.717, 1.165) is 24.0 Å². The van der Waals surface area contributed by atoms with Gasteiger partial charge < -0.3 is 9.47 Å².